The van der Waals surface area contributed by atoms with Crippen molar-refractivity contribution >= 4 is 10.1 Å². The van der Waals surface area contributed by atoms with Gasteiger partial charge < -0.3 is 5.32 Å². The van der Waals surface area contributed by atoms with Gasteiger partial charge in [-0.05, 0) is 24.9 Å². The second kappa shape index (κ2) is 4.93. The standard InChI is InChI=1S/C8H19NO3S/c1-8(2,3)7-9-5-4-6-13(10,11)12/h9H,4-7H2,1-3H3,(H,10,11,12). The summed E-state index contributed by atoms with van der Waals surface area (Å²) in [5.74, 6) is -0.163. The lowest BCUT2D eigenvalue weighted by molar-refractivity contribution is 0.380. The Morgan fingerprint density at radius 3 is 2.23 bits per heavy atom. The molecule has 0 saturated carbocycles. The summed E-state index contributed by atoms with van der Waals surface area (Å²) in [5.41, 5.74) is 0.206. The van der Waals surface area contributed by atoms with Crippen molar-refractivity contribution in [1.29, 1.82) is 0 Å². The van der Waals surface area contributed by atoms with E-state index < -0.39 is 10.1 Å². The van der Waals surface area contributed by atoms with Crippen LogP contribution in [0.3, 0.4) is 0 Å². The Bertz CT molecular complexity index is 228. The van der Waals surface area contributed by atoms with Crippen molar-refractivity contribution in [1.82, 2.24) is 5.32 Å². The fourth-order valence-corrected chi connectivity index (χ4v) is 1.35. The van der Waals surface area contributed by atoms with Gasteiger partial charge in [-0.15, -0.1) is 0 Å². The summed E-state index contributed by atoms with van der Waals surface area (Å²) >= 11 is 0. The molecule has 0 heterocycles. The first-order valence-electron chi connectivity index (χ1n) is 4.37. The molecule has 0 atom stereocenters. The summed E-state index contributed by atoms with van der Waals surface area (Å²) in [6.45, 7) is 7.77. The van der Waals surface area contributed by atoms with Crippen LogP contribution in [0.1, 0.15) is 27.2 Å². The molecule has 0 aromatic carbocycles. The van der Waals surface area contributed by atoms with Gasteiger partial charge in [-0.1, -0.05) is 20.8 Å². The van der Waals surface area contributed by atoms with Gasteiger partial charge in [0.05, 0.1) is 5.75 Å². The summed E-state index contributed by atoms with van der Waals surface area (Å²) in [6.07, 6.45) is 0.453. The van der Waals surface area contributed by atoms with E-state index in [2.05, 4.69) is 26.1 Å². The number of rotatable bonds is 5. The summed E-state index contributed by atoms with van der Waals surface area (Å²) in [4.78, 5) is 0. The average Bonchev–Trinajstić information content (AvgIpc) is 1.81. The van der Waals surface area contributed by atoms with Crippen LogP contribution in [0.2, 0.25) is 0 Å². The van der Waals surface area contributed by atoms with Gasteiger partial charge in [-0.2, -0.15) is 8.42 Å². The van der Waals surface area contributed by atoms with Gasteiger partial charge in [0.15, 0.2) is 0 Å². The van der Waals surface area contributed by atoms with Crippen LogP contribution < -0.4 is 5.32 Å². The molecular formula is C8H19NO3S. The summed E-state index contributed by atoms with van der Waals surface area (Å²) < 4.78 is 29.1. The SMILES string of the molecule is CC(C)(C)CNCCCS(=O)(=O)O. The highest BCUT2D eigenvalue weighted by atomic mass is 32.2. The Kier molecular flexibility index (Phi) is 4.88. The maximum absolute atomic E-state index is 10.3. The Morgan fingerprint density at radius 1 is 1.31 bits per heavy atom. The Hall–Kier alpha value is -0.130. The minimum atomic E-state index is -3.78. The fourth-order valence-electron chi connectivity index (χ4n) is 0.843. The molecule has 0 radical (unpaired) electrons. The molecule has 0 amide bonds. The van der Waals surface area contributed by atoms with E-state index in [0.29, 0.717) is 13.0 Å². The summed E-state index contributed by atoms with van der Waals surface area (Å²) in [5, 5.41) is 3.12. The largest absolute Gasteiger partial charge is 0.316 e. The van der Waals surface area contributed by atoms with Crippen LogP contribution in [0.4, 0.5) is 0 Å². The Balaban J connectivity index is 3.39. The van der Waals surface area contributed by atoms with Crippen molar-refractivity contribution in [3.8, 4) is 0 Å². The lowest BCUT2D eigenvalue weighted by Gasteiger charge is -2.18. The predicted octanol–water partition coefficient (Wildman–Crippen LogP) is 0.900. The van der Waals surface area contributed by atoms with Gasteiger partial charge in [0.1, 0.15) is 0 Å². The van der Waals surface area contributed by atoms with Crippen LogP contribution in [0.5, 0.6) is 0 Å². The molecule has 2 N–H and O–H groups in total. The van der Waals surface area contributed by atoms with Crippen LogP contribution in [-0.2, 0) is 10.1 Å². The van der Waals surface area contributed by atoms with E-state index in [9.17, 15) is 8.42 Å². The topological polar surface area (TPSA) is 66.4 Å². The van der Waals surface area contributed by atoms with E-state index in [1.54, 1.807) is 0 Å². The normalized spacial score (nSPS) is 13.2. The fraction of sp³-hybridized carbons (Fsp3) is 1.00. The molecule has 0 aromatic heterocycles. The van der Waals surface area contributed by atoms with E-state index in [-0.39, 0.29) is 11.2 Å². The molecule has 80 valence electrons. The molecule has 0 aromatic rings. The predicted molar refractivity (Wildman–Crippen MR) is 53.4 cm³/mol. The number of hydrogen-bond donors (Lipinski definition) is 2. The van der Waals surface area contributed by atoms with Crippen molar-refractivity contribution in [3.63, 3.8) is 0 Å². The van der Waals surface area contributed by atoms with Gasteiger partial charge in [0.25, 0.3) is 10.1 Å². The van der Waals surface area contributed by atoms with E-state index in [4.69, 9.17) is 4.55 Å². The minimum Gasteiger partial charge on any atom is -0.316 e. The molecule has 0 saturated heterocycles. The molecule has 0 aliphatic rings. The van der Waals surface area contributed by atoms with E-state index in [1.165, 1.54) is 0 Å². The molecule has 0 aliphatic carbocycles. The van der Waals surface area contributed by atoms with Crippen molar-refractivity contribution in [3.05, 3.63) is 0 Å². The van der Waals surface area contributed by atoms with Crippen LogP contribution >= 0.6 is 0 Å². The molecule has 0 aliphatic heterocycles. The molecule has 0 unspecified atom stereocenters. The molecule has 4 nitrogen and oxygen atoms in total. The van der Waals surface area contributed by atoms with Crippen molar-refractivity contribution < 1.29 is 13.0 Å². The highest BCUT2D eigenvalue weighted by molar-refractivity contribution is 7.85. The first-order chi connectivity index (χ1) is 5.71. The second-order valence-electron chi connectivity index (χ2n) is 4.38. The highest BCUT2D eigenvalue weighted by Gasteiger charge is 2.09. The van der Waals surface area contributed by atoms with Crippen LogP contribution in [0.25, 0.3) is 0 Å². The zero-order valence-corrected chi connectivity index (χ0v) is 9.32. The third-order valence-corrected chi connectivity index (χ3v) is 2.22. The lowest BCUT2D eigenvalue weighted by Crippen LogP contribution is -2.28. The Morgan fingerprint density at radius 2 is 1.85 bits per heavy atom. The highest BCUT2D eigenvalue weighted by Crippen LogP contribution is 2.09. The molecular weight excluding hydrogens is 190 g/mol. The average molecular weight is 209 g/mol. The van der Waals surface area contributed by atoms with Crippen molar-refractivity contribution in [2.24, 2.45) is 5.41 Å². The van der Waals surface area contributed by atoms with E-state index >= 15 is 0 Å². The summed E-state index contributed by atoms with van der Waals surface area (Å²) in [7, 11) is -3.78. The summed E-state index contributed by atoms with van der Waals surface area (Å²) in [6, 6.07) is 0. The zero-order valence-electron chi connectivity index (χ0n) is 8.50. The molecule has 0 bridgehead atoms. The van der Waals surface area contributed by atoms with E-state index in [0.717, 1.165) is 6.54 Å². The molecule has 0 rings (SSSR count). The van der Waals surface area contributed by atoms with Gasteiger partial charge in [-0.25, -0.2) is 0 Å². The molecule has 5 heteroatoms. The Labute approximate surface area is 80.5 Å². The van der Waals surface area contributed by atoms with Crippen LogP contribution in [-0.4, -0.2) is 31.8 Å². The molecule has 13 heavy (non-hydrogen) atoms. The minimum absolute atomic E-state index is 0.163. The van der Waals surface area contributed by atoms with E-state index in [1.807, 2.05) is 0 Å². The quantitative estimate of drug-likeness (QED) is 0.521. The number of hydrogen-bond acceptors (Lipinski definition) is 3. The van der Waals surface area contributed by atoms with Gasteiger partial charge >= 0.3 is 0 Å². The maximum atomic E-state index is 10.3. The van der Waals surface area contributed by atoms with Crippen LogP contribution in [0.15, 0.2) is 0 Å². The first-order valence-corrected chi connectivity index (χ1v) is 5.97. The third-order valence-electron chi connectivity index (χ3n) is 1.41. The first kappa shape index (κ1) is 12.9. The second-order valence-corrected chi connectivity index (χ2v) is 5.95. The maximum Gasteiger partial charge on any atom is 0.264 e. The molecule has 0 fully saturated rings. The van der Waals surface area contributed by atoms with Gasteiger partial charge in [0.2, 0.25) is 0 Å². The molecule has 0 spiro atoms. The van der Waals surface area contributed by atoms with Gasteiger partial charge in [-0.3, -0.25) is 4.55 Å². The lowest BCUT2D eigenvalue weighted by atomic mass is 9.97. The zero-order chi connectivity index (χ0) is 10.5. The van der Waals surface area contributed by atoms with Gasteiger partial charge in [0, 0.05) is 0 Å². The number of nitrogens with one attached hydrogen (secondary N) is 1. The smallest absolute Gasteiger partial charge is 0.264 e. The van der Waals surface area contributed by atoms with Crippen molar-refractivity contribution in [2.75, 3.05) is 18.8 Å². The third kappa shape index (κ3) is 11.9. The monoisotopic (exact) mass is 209 g/mol. The van der Waals surface area contributed by atoms with Crippen LogP contribution in [0, 0.1) is 5.41 Å². The van der Waals surface area contributed by atoms with Crippen molar-refractivity contribution in [2.45, 2.75) is 27.2 Å².